The van der Waals surface area contributed by atoms with E-state index in [1.165, 1.54) is 14.1 Å². The first-order valence-electron chi connectivity index (χ1n) is 14.4. The number of amides is 1. The highest BCUT2D eigenvalue weighted by Gasteiger charge is 2.46. The normalized spacial score (nSPS) is 22.0. The molecular formula is C33H63IN2O9. The number of ether oxygens (including phenoxy) is 4. The van der Waals surface area contributed by atoms with Crippen LogP contribution in [0.3, 0.4) is 0 Å². The maximum absolute atomic E-state index is 12.4. The number of carbonyl (C=O) groups is 4. The smallest absolute Gasteiger partial charge is 0.248 e. The Kier molecular flexibility index (Phi) is 26.6. The first kappa shape index (κ1) is 50.4. The highest BCUT2D eigenvalue weighted by Crippen LogP contribution is 2.37. The summed E-state index contributed by atoms with van der Waals surface area (Å²) in [4.78, 5) is 50.6. The van der Waals surface area contributed by atoms with Gasteiger partial charge >= 0.3 is 0 Å². The highest BCUT2D eigenvalue weighted by atomic mass is 127. The number of carbonyl (C=O) groups excluding carboxylic acids is 4. The minimum atomic E-state index is -1.07. The molecule has 0 bridgehead atoms. The molecule has 2 aliphatic heterocycles. The number of aliphatic hydroxyl groups excluding tert-OH is 1. The molecule has 3 atom stereocenters. The van der Waals surface area contributed by atoms with Crippen molar-refractivity contribution in [1.29, 1.82) is 0 Å². The lowest BCUT2D eigenvalue weighted by molar-refractivity contribution is -0.303. The first-order valence-corrected chi connectivity index (χ1v) is 16.6. The van der Waals surface area contributed by atoms with E-state index in [4.69, 9.17) is 25.5 Å². The molecule has 2 saturated heterocycles. The van der Waals surface area contributed by atoms with E-state index in [-0.39, 0.29) is 50.1 Å². The average molecular weight is 759 g/mol. The minimum absolute atomic E-state index is 0. The number of nitrogens with zero attached hydrogens (tertiary/aromatic N) is 1. The Morgan fingerprint density at radius 3 is 1.58 bits per heavy atom. The van der Waals surface area contributed by atoms with E-state index in [9.17, 15) is 24.3 Å². The van der Waals surface area contributed by atoms with Gasteiger partial charge in [-0.3, -0.25) is 14.4 Å². The van der Waals surface area contributed by atoms with E-state index in [2.05, 4.69) is 32.8 Å². The molecular weight excluding hydrogens is 695 g/mol. The fourth-order valence-electron chi connectivity index (χ4n) is 4.22. The van der Waals surface area contributed by atoms with Crippen molar-refractivity contribution < 1.29 is 43.2 Å². The maximum atomic E-state index is 12.4. The molecule has 0 saturated carbocycles. The van der Waals surface area contributed by atoms with Gasteiger partial charge in [-0.15, -0.1) is 0 Å². The summed E-state index contributed by atoms with van der Waals surface area (Å²) in [5.74, 6) is -1.85. The SMILES string of the molecule is C.C.CC1(C)OCC(C)(C)[C@H](C(=O)CCCC=O)O1.CI.CNC(=O)C(O)CCCC(=O)[C@@H]1OC(C)(C)OCC1(C)C.[C-]#[N+]C. The Morgan fingerprint density at radius 1 is 0.889 bits per heavy atom. The maximum Gasteiger partial charge on any atom is 0.248 e. The Labute approximate surface area is 287 Å². The zero-order chi connectivity index (χ0) is 34.1. The van der Waals surface area contributed by atoms with Crippen molar-refractivity contribution in [2.45, 2.75) is 139 Å². The monoisotopic (exact) mass is 758 g/mol. The van der Waals surface area contributed by atoms with Crippen molar-refractivity contribution in [2.75, 3.05) is 32.2 Å². The number of hydrogen-bond acceptors (Lipinski definition) is 9. The molecule has 1 unspecified atom stereocenters. The predicted molar refractivity (Wildman–Crippen MR) is 187 cm³/mol. The molecule has 2 N–H and O–H groups in total. The number of Topliss-reactive ketones (excluding diaryl/α,β-unsaturated/α-hetero) is 2. The second kappa shape index (κ2) is 23.8. The third-order valence-electron chi connectivity index (χ3n) is 6.59. The fourth-order valence-corrected chi connectivity index (χ4v) is 4.22. The molecule has 45 heavy (non-hydrogen) atoms. The molecule has 0 aliphatic carbocycles. The average Bonchev–Trinajstić information content (AvgIpc) is 2.93. The zero-order valence-corrected chi connectivity index (χ0v) is 30.2. The number of ketones is 2. The van der Waals surface area contributed by atoms with Crippen molar-refractivity contribution >= 4 is 46.4 Å². The molecule has 0 aromatic heterocycles. The highest BCUT2D eigenvalue weighted by molar-refractivity contribution is 14.1. The number of likely N-dealkylation sites (N-methyl/N-ethyl adjacent to an activating group) is 1. The van der Waals surface area contributed by atoms with Crippen molar-refractivity contribution in [1.82, 2.24) is 5.32 Å². The summed E-state index contributed by atoms with van der Waals surface area (Å²) in [6.07, 6.45) is 1.20. The quantitative estimate of drug-likeness (QED) is 0.0857. The van der Waals surface area contributed by atoms with Crippen molar-refractivity contribution in [3.63, 3.8) is 0 Å². The molecule has 0 aromatic carbocycles. The van der Waals surface area contributed by atoms with E-state index in [0.29, 0.717) is 38.9 Å². The van der Waals surface area contributed by atoms with Crippen LogP contribution in [0.1, 0.15) is 109 Å². The Balaban J connectivity index is -0.000000318. The van der Waals surface area contributed by atoms with Gasteiger partial charge in [0, 0.05) is 37.1 Å². The van der Waals surface area contributed by atoms with Gasteiger partial charge < -0.3 is 39.0 Å². The van der Waals surface area contributed by atoms with Gasteiger partial charge in [-0.25, -0.2) is 6.57 Å². The molecule has 12 heteroatoms. The van der Waals surface area contributed by atoms with Gasteiger partial charge in [0.05, 0.1) is 13.2 Å². The van der Waals surface area contributed by atoms with Gasteiger partial charge in [0.2, 0.25) is 13.0 Å². The largest absolute Gasteiger partial charge is 0.383 e. The van der Waals surface area contributed by atoms with Crippen molar-refractivity contribution in [2.24, 2.45) is 10.8 Å². The minimum Gasteiger partial charge on any atom is -0.383 e. The lowest BCUT2D eigenvalue weighted by Gasteiger charge is -2.45. The van der Waals surface area contributed by atoms with Gasteiger partial charge in [0.15, 0.2) is 23.1 Å². The number of hydrogen-bond donors (Lipinski definition) is 2. The van der Waals surface area contributed by atoms with E-state index in [1.54, 1.807) is 13.8 Å². The van der Waals surface area contributed by atoms with E-state index >= 15 is 0 Å². The van der Waals surface area contributed by atoms with Gasteiger partial charge in [0.25, 0.3) is 0 Å². The number of rotatable bonds is 11. The van der Waals surface area contributed by atoms with Crippen LogP contribution in [0.5, 0.6) is 0 Å². The topological polar surface area (TPSA) is 142 Å². The van der Waals surface area contributed by atoms with Crippen molar-refractivity contribution in [3.8, 4) is 0 Å². The molecule has 2 fully saturated rings. The molecule has 0 aromatic rings. The Morgan fingerprint density at radius 2 is 1.24 bits per heavy atom. The number of unbranched alkanes of at least 4 members (excludes halogenated alkanes) is 1. The van der Waals surface area contributed by atoms with Crippen LogP contribution in [-0.2, 0) is 38.1 Å². The lowest BCUT2D eigenvalue weighted by atomic mass is 9.82. The predicted octanol–water partition coefficient (Wildman–Crippen LogP) is 5.97. The molecule has 0 radical (unpaired) electrons. The van der Waals surface area contributed by atoms with Gasteiger partial charge in [-0.1, -0.05) is 65.1 Å². The van der Waals surface area contributed by atoms with E-state index in [0.717, 1.165) is 6.29 Å². The zero-order valence-electron chi connectivity index (χ0n) is 28.0. The molecule has 0 spiro atoms. The molecule has 2 rings (SSSR count). The van der Waals surface area contributed by atoms with Gasteiger partial charge in [-0.05, 0) is 51.9 Å². The van der Waals surface area contributed by atoms with Crippen LogP contribution in [0.15, 0.2) is 0 Å². The summed E-state index contributed by atoms with van der Waals surface area (Å²) < 4.78 is 22.6. The third-order valence-corrected chi connectivity index (χ3v) is 6.59. The summed E-state index contributed by atoms with van der Waals surface area (Å²) >= 11 is 2.15. The van der Waals surface area contributed by atoms with Crippen molar-refractivity contribution in [3.05, 3.63) is 11.4 Å². The van der Waals surface area contributed by atoms with Crippen LogP contribution >= 0.6 is 22.6 Å². The molecule has 1 amide bonds. The molecule has 266 valence electrons. The summed E-state index contributed by atoms with van der Waals surface area (Å²) in [5.41, 5.74) is -0.695. The standard InChI is InChI=1S/C15H27NO5.C13H22O4.C2H3N.CH3I.2CH4/c1-14(2)9-20-15(3,4)21-12(14)10(17)7-6-8-11(18)13(19)16-5;1-12(2)9-16-13(3,4)17-11(12)10(15)7-5-6-8-14;1-3-2;1-2;;/h11-12,18H,6-9H2,1-5H3,(H,16,19);8,11H,5-7,9H2,1-4H3;1H3;1H3;2*1H4/t11?,12-;11-;;;;/m00..../s1. The molecule has 2 aliphatic rings. The number of alkyl halides is 1. The number of aliphatic hydroxyl groups is 1. The summed E-state index contributed by atoms with van der Waals surface area (Å²) in [6.45, 7) is 21.8. The van der Waals surface area contributed by atoms with Crippen LogP contribution in [0.25, 0.3) is 4.85 Å². The second-order valence-electron chi connectivity index (χ2n) is 12.6. The Hall–Kier alpha value is -1.50. The van der Waals surface area contributed by atoms with Crippen LogP contribution in [0.4, 0.5) is 0 Å². The number of nitrogens with one attached hydrogen (secondary N) is 1. The van der Waals surface area contributed by atoms with Crippen LogP contribution < -0.4 is 5.32 Å². The first-order chi connectivity index (χ1) is 19.8. The van der Waals surface area contributed by atoms with Gasteiger partial charge in [-0.2, -0.15) is 0 Å². The van der Waals surface area contributed by atoms with Crippen LogP contribution in [0, 0.1) is 17.4 Å². The second-order valence-corrected chi connectivity index (χ2v) is 12.6. The Bertz CT molecular complexity index is 914. The summed E-state index contributed by atoms with van der Waals surface area (Å²) in [5, 5.41) is 11.9. The summed E-state index contributed by atoms with van der Waals surface area (Å²) in [7, 11) is 2.89. The van der Waals surface area contributed by atoms with E-state index in [1.807, 2.05) is 46.5 Å². The number of aldehydes is 1. The number of halogens is 1. The van der Waals surface area contributed by atoms with Crippen LogP contribution in [0.2, 0.25) is 0 Å². The third kappa shape index (κ3) is 19.7. The summed E-state index contributed by atoms with van der Waals surface area (Å²) in [6, 6.07) is 0. The fraction of sp³-hybridized carbons (Fsp3) is 0.848. The molecule has 11 nitrogen and oxygen atoms in total. The van der Waals surface area contributed by atoms with Crippen LogP contribution in [-0.4, -0.2) is 91.0 Å². The molecule has 2 heterocycles. The lowest BCUT2D eigenvalue weighted by Crippen LogP contribution is -2.53. The van der Waals surface area contributed by atoms with Gasteiger partial charge in [0.1, 0.15) is 24.6 Å². The van der Waals surface area contributed by atoms with E-state index < -0.39 is 35.8 Å².